The van der Waals surface area contributed by atoms with Crippen LogP contribution in [0, 0.1) is 0 Å². The first-order valence-corrected chi connectivity index (χ1v) is 6.63. The highest BCUT2D eigenvalue weighted by Crippen LogP contribution is 2.21. The Morgan fingerprint density at radius 2 is 2.10 bits per heavy atom. The van der Waals surface area contributed by atoms with E-state index in [4.69, 9.17) is 9.52 Å². The zero-order chi connectivity index (χ0) is 14.7. The molecule has 0 unspecified atom stereocenters. The lowest BCUT2D eigenvalue weighted by atomic mass is 10.0. The first kappa shape index (κ1) is 13.2. The zero-order valence-electron chi connectivity index (χ0n) is 11.2. The molecule has 0 aliphatic heterocycles. The Morgan fingerprint density at radius 3 is 2.95 bits per heavy atom. The second kappa shape index (κ2) is 5.66. The number of carboxylic acid groups (broad SMARTS) is 1. The molecule has 2 aromatic heterocycles. The predicted octanol–water partition coefficient (Wildman–Crippen LogP) is 3.18. The summed E-state index contributed by atoms with van der Waals surface area (Å²) in [6.07, 6.45) is 3.91. The summed E-state index contributed by atoms with van der Waals surface area (Å²) < 4.78 is 5.32. The van der Waals surface area contributed by atoms with Crippen LogP contribution < -0.4 is 5.32 Å². The maximum absolute atomic E-state index is 11.1. The summed E-state index contributed by atoms with van der Waals surface area (Å²) in [6, 6.07) is 10.7. The summed E-state index contributed by atoms with van der Waals surface area (Å²) in [5.74, 6) is -0.158. The summed E-state index contributed by atoms with van der Waals surface area (Å²) in [5, 5.41) is 13.3. The molecular weight excluding hydrogens is 268 g/mol. The molecule has 0 aliphatic rings. The standard InChI is InChI=1S/C16H14N2O3/c19-16(20)12-4-2-1-3-11(12)5-8-17-15-13-7-10-21-14(13)6-9-18-15/h1-4,6-7,9-10H,5,8H2,(H,17,18)(H,19,20). The van der Waals surface area contributed by atoms with E-state index in [0.717, 1.165) is 22.4 Å². The number of fused-ring (bicyclic) bond motifs is 1. The monoisotopic (exact) mass is 282 g/mol. The van der Waals surface area contributed by atoms with Crippen LogP contribution in [-0.2, 0) is 6.42 Å². The van der Waals surface area contributed by atoms with Crippen LogP contribution in [-0.4, -0.2) is 22.6 Å². The third-order valence-corrected chi connectivity index (χ3v) is 3.31. The number of aromatic nitrogens is 1. The van der Waals surface area contributed by atoms with E-state index in [1.807, 2.05) is 18.2 Å². The number of carboxylic acids is 1. The van der Waals surface area contributed by atoms with Crippen molar-refractivity contribution in [2.24, 2.45) is 0 Å². The van der Waals surface area contributed by atoms with Crippen LogP contribution in [0.5, 0.6) is 0 Å². The van der Waals surface area contributed by atoms with Gasteiger partial charge in [0.15, 0.2) is 0 Å². The fourth-order valence-electron chi connectivity index (χ4n) is 2.30. The number of hydrogen-bond acceptors (Lipinski definition) is 4. The Bertz CT molecular complexity index is 780. The van der Waals surface area contributed by atoms with Crippen LogP contribution >= 0.6 is 0 Å². The molecule has 0 radical (unpaired) electrons. The number of nitrogens with one attached hydrogen (secondary N) is 1. The van der Waals surface area contributed by atoms with E-state index in [1.54, 1.807) is 30.7 Å². The summed E-state index contributed by atoms with van der Waals surface area (Å²) in [5.41, 5.74) is 1.92. The minimum absolute atomic E-state index is 0.341. The predicted molar refractivity (Wildman–Crippen MR) is 79.6 cm³/mol. The van der Waals surface area contributed by atoms with Crippen LogP contribution in [0.1, 0.15) is 15.9 Å². The lowest BCUT2D eigenvalue weighted by Crippen LogP contribution is -2.10. The molecule has 3 rings (SSSR count). The Balaban J connectivity index is 1.72. The number of pyridine rings is 1. The molecule has 0 bridgehead atoms. The van der Waals surface area contributed by atoms with E-state index in [0.29, 0.717) is 18.5 Å². The van der Waals surface area contributed by atoms with Gasteiger partial charge in [-0.05, 0) is 30.2 Å². The number of rotatable bonds is 5. The molecule has 0 spiro atoms. The van der Waals surface area contributed by atoms with Gasteiger partial charge in [0.05, 0.1) is 17.2 Å². The average molecular weight is 282 g/mol. The third-order valence-electron chi connectivity index (χ3n) is 3.31. The smallest absolute Gasteiger partial charge is 0.335 e. The van der Waals surface area contributed by atoms with Gasteiger partial charge in [0, 0.05) is 12.7 Å². The van der Waals surface area contributed by atoms with Crippen molar-refractivity contribution in [2.75, 3.05) is 11.9 Å². The second-order valence-corrected chi connectivity index (χ2v) is 4.63. The van der Waals surface area contributed by atoms with Gasteiger partial charge in [-0.2, -0.15) is 0 Å². The summed E-state index contributed by atoms with van der Waals surface area (Å²) >= 11 is 0. The van der Waals surface area contributed by atoms with E-state index < -0.39 is 5.97 Å². The lowest BCUT2D eigenvalue weighted by Gasteiger charge is -2.08. The molecule has 0 fully saturated rings. The van der Waals surface area contributed by atoms with Gasteiger partial charge >= 0.3 is 5.97 Å². The summed E-state index contributed by atoms with van der Waals surface area (Å²) in [4.78, 5) is 15.4. The van der Waals surface area contributed by atoms with Crippen molar-refractivity contribution in [1.29, 1.82) is 0 Å². The van der Waals surface area contributed by atoms with Gasteiger partial charge in [0.25, 0.3) is 0 Å². The molecule has 21 heavy (non-hydrogen) atoms. The van der Waals surface area contributed by atoms with Crippen molar-refractivity contribution in [1.82, 2.24) is 4.98 Å². The molecule has 106 valence electrons. The van der Waals surface area contributed by atoms with Crippen molar-refractivity contribution < 1.29 is 14.3 Å². The quantitative estimate of drug-likeness (QED) is 0.751. The molecule has 2 heterocycles. The van der Waals surface area contributed by atoms with Crippen molar-refractivity contribution >= 4 is 22.8 Å². The van der Waals surface area contributed by atoms with Gasteiger partial charge in [0.1, 0.15) is 11.4 Å². The summed E-state index contributed by atoms with van der Waals surface area (Å²) in [7, 11) is 0. The minimum Gasteiger partial charge on any atom is -0.478 e. The van der Waals surface area contributed by atoms with Gasteiger partial charge in [-0.15, -0.1) is 0 Å². The summed E-state index contributed by atoms with van der Waals surface area (Å²) in [6.45, 7) is 0.599. The van der Waals surface area contributed by atoms with Crippen molar-refractivity contribution in [2.45, 2.75) is 6.42 Å². The Labute approximate surface area is 121 Å². The van der Waals surface area contributed by atoms with E-state index in [-0.39, 0.29) is 0 Å². The highest BCUT2D eigenvalue weighted by atomic mass is 16.4. The van der Waals surface area contributed by atoms with Crippen LogP contribution in [0.25, 0.3) is 11.0 Å². The maximum Gasteiger partial charge on any atom is 0.335 e. The largest absolute Gasteiger partial charge is 0.478 e. The van der Waals surface area contributed by atoms with Crippen LogP contribution in [0.15, 0.2) is 53.3 Å². The van der Waals surface area contributed by atoms with E-state index >= 15 is 0 Å². The Hall–Kier alpha value is -2.82. The van der Waals surface area contributed by atoms with Crippen LogP contribution in [0.2, 0.25) is 0 Å². The minimum atomic E-state index is -0.902. The topological polar surface area (TPSA) is 75.4 Å². The molecule has 0 saturated carbocycles. The average Bonchev–Trinajstić information content (AvgIpc) is 2.97. The normalized spacial score (nSPS) is 10.7. The molecule has 0 saturated heterocycles. The van der Waals surface area contributed by atoms with Gasteiger partial charge in [-0.3, -0.25) is 0 Å². The van der Waals surface area contributed by atoms with Crippen LogP contribution in [0.4, 0.5) is 5.82 Å². The lowest BCUT2D eigenvalue weighted by molar-refractivity contribution is 0.0695. The fourth-order valence-corrected chi connectivity index (χ4v) is 2.30. The first-order chi connectivity index (χ1) is 10.3. The number of hydrogen-bond donors (Lipinski definition) is 2. The van der Waals surface area contributed by atoms with E-state index in [2.05, 4.69) is 10.3 Å². The fraction of sp³-hybridized carbons (Fsp3) is 0.125. The molecule has 0 atom stereocenters. The second-order valence-electron chi connectivity index (χ2n) is 4.63. The SMILES string of the molecule is O=C(O)c1ccccc1CCNc1nccc2occc12. The molecule has 1 aromatic carbocycles. The molecule has 2 N–H and O–H groups in total. The number of furan rings is 1. The first-order valence-electron chi connectivity index (χ1n) is 6.63. The molecule has 0 aliphatic carbocycles. The third kappa shape index (κ3) is 2.72. The van der Waals surface area contributed by atoms with Gasteiger partial charge in [0.2, 0.25) is 0 Å². The number of anilines is 1. The zero-order valence-corrected chi connectivity index (χ0v) is 11.2. The van der Waals surface area contributed by atoms with Gasteiger partial charge < -0.3 is 14.8 Å². The van der Waals surface area contributed by atoms with Gasteiger partial charge in [-0.1, -0.05) is 18.2 Å². The molecule has 5 nitrogen and oxygen atoms in total. The van der Waals surface area contributed by atoms with E-state index in [9.17, 15) is 4.79 Å². The van der Waals surface area contributed by atoms with Crippen LogP contribution in [0.3, 0.4) is 0 Å². The highest BCUT2D eigenvalue weighted by molar-refractivity contribution is 5.89. The molecule has 3 aromatic rings. The molecule has 0 amide bonds. The number of benzene rings is 1. The van der Waals surface area contributed by atoms with Crippen molar-refractivity contribution in [3.05, 3.63) is 60.0 Å². The molecule has 5 heteroatoms. The van der Waals surface area contributed by atoms with E-state index in [1.165, 1.54) is 0 Å². The number of carbonyl (C=O) groups is 1. The van der Waals surface area contributed by atoms with Crippen molar-refractivity contribution in [3.8, 4) is 0 Å². The molecular formula is C16H14N2O3. The van der Waals surface area contributed by atoms with Gasteiger partial charge in [-0.25, -0.2) is 9.78 Å². The van der Waals surface area contributed by atoms with Crippen molar-refractivity contribution in [3.63, 3.8) is 0 Å². The maximum atomic E-state index is 11.1. The number of aromatic carboxylic acids is 1. The number of nitrogens with zero attached hydrogens (tertiary/aromatic N) is 1. The highest BCUT2D eigenvalue weighted by Gasteiger charge is 2.09. The Morgan fingerprint density at radius 1 is 1.24 bits per heavy atom. The Kier molecular flexibility index (Phi) is 3.55.